The topological polar surface area (TPSA) is 67.4 Å². The number of ether oxygens (including phenoxy) is 1. The lowest BCUT2D eigenvalue weighted by atomic mass is 10.1. The Balaban J connectivity index is 1.40. The van der Waals surface area contributed by atoms with Crippen LogP contribution in [0.15, 0.2) is 108 Å². The predicted octanol–water partition coefficient (Wildman–Crippen LogP) is 6.50. The van der Waals surface area contributed by atoms with Gasteiger partial charge in [0.05, 0.1) is 18.6 Å². The molecule has 4 rings (SSSR count). The Kier molecular flexibility index (Phi) is 8.30. The van der Waals surface area contributed by atoms with Crippen LogP contribution in [0.4, 0.5) is 11.4 Å². The number of amides is 2. The molecule has 0 fully saturated rings. The van der Waals surface area contributed by atoms with E-state index in [1.165, 1.54) is 5.56 Å². The first kappa shape index (κ1) is 24.2. The molecule has 0 radical (unpaired) electrons. The van der Waals surface area contributed by atoms with Crippen LogP contribution in [-0.2, 0) is 17.6 Å². The van der Waals surface area contributed by atoms with Crippen LogP contribution in [0.2, 0.25) is 0 Å². The van der Waals surface area contributed by atoms with Crippen LogP contribution in [0.5, 0.6) is 5.75 Å². The number of anilines is 2. The minimum Gasteiger partial charge on any atom is -0.492 e. The molecule has 6 heteroatoms. The molecule has 0 aromatic heterocycles. The number of halogens is 1. The van der Waals surface area contributed by atoms with Crippen molar-refractivity contribution in [2.45, 2.75) is 12.8 Å². The molecule has 0 saturated heterocycles. The third-order valence-electron chi connectivity index (χ3n) is 5.29. The fourth-order valence-electron chi connectivity index (χ4n) is 3.59. The van der Waals surface area contributed by atoms with Gasteiger partial charge in [-0.25, -0.2) is 0 Å². The molecule has 0 saturated carbocycles. The van der Waals surface area contributed by atoms with Gasteiger partial charge in [0.15, 0.2) is 0 Å². The van der Waals surface area contributed by atoms with E-state index < -0.39 is 0 Å². The first-order valence-corrected chi connectivity index (χ1v) is 12.1. The van der Waals surface area contributed by atoms with Crippen molar-refractivity contribution >= 4 is 39.1 Å². The molecule has 0 aliphatic carbocycles. The monoisotopic (exact) mass is 528 g/mol. The molecule has 4 aromatic carbocycles. The number of carbonyl (C=O) groups is 2. The van der Waals surface area contributed by atoms with Crippen molar-refractivity contribution in [3.63, 3.8) is 0 Å². The Morgan fingerprint density at radius 1 is 0.714 bits per heavy atom. The molecule has 5 nitrogen and oxygen atoms in total. The summed E-state index contributed by atoms with van der Waals surface area (Å²) in [4.78, 5) is 25.5. The number of benzene rings is 4. The van der Waals surface area contributed by atoms with Gasteiger partial charge in [-0.15, -0.1) is 0 Å². The predicted molar refractivity (Wildman–Crippen MR) is 143 cm³/mol. The number of carbonyl (C=O) groups excluding carboxylic acids is 2. The highest BCUT2D eigenvalue weighted by Crippen LogP contribution is 2.25. The summed E-state index contributed by atoms with van der Waals surface area (Å²) in [5.41, 5.74) is 3.71. The smallest absolute Gasteiger partial charge is 0.259 e. The van der Waals surface area contributed by atoms with Gasteiger partial charge in [0.2, 0.25) is 5.91 Å². The van der Waals surface area contributed by atoms with Crippen molar-refractivity contribution < 1.29 is 14.3 Å². The molecule has 35 heavy (non-hydrogen) atoms. The maximum atomic E-state index is 13.1. The normalized spacial score (nSPS) is 10.4. The van der Waals surface area contributed by atoms with Crippen LogP contribution in [0, 0.1) is 0 Å². The van der Waals surface area contributed by atoms with Crippen molar-refractivity contribution in [3.8, 4) is 5.75 Å². The first-order chi connectivity index (χ1) is 17.1. The van der Waals surface area contributed by atoms with Gasteiger partial charge >= 0.3 is 0 Å². The SMILES string of the molecule is O=C(Cc1ccccc1)Nc1cccc(NC(=O)c2cc(Br)ccc2OCCc2ccccc2)c1. The van der Waals surface area contributed by atoms with Gasteiger partial charge < -0.3 is 15.4 Å². The van der Waals surface area contributed by atoms with Crippen LogP contribution < -0.4 is 15.4 Å². The van der Waals surface area contributed by atoms with E-state index in [0.29, 0.717) is 29.3 Å². The van der Waals surface area contributed by atoms with Crippen LogP contribution in [0.1, 0.15) is 21.5 Å². The molecule has 0 aliphatic rings. The molecule has 0 aliphatic heterocycles. The van der Waals surface area contributed by atoms with Crippen LogP contribution in [0.3, 0.4) is 0 Å². The third kappa shape index (κ3) is 7.29. The lowest BCUT2D eigenvalue weighted by Gasteiger charge is -2.13. The van der Waals surface area contributed by atoms with Gasteiger partial charge in [-0.2, -0.15) is 0 Å². The van der Waals surface area contributed by atoms with Crippen LogP contribution in [0.25, 0.3) is 0 Å². The summed E-state index contributed by atoms with van der Waals surface area (Å²) in [6.07, 6.45) is 1.02. The van der Waals surface area contributed by atoms with Crippen molar-refractivity contribution in [3.05, 3.63) is 124 Å². The highest BCUT2D eigenvalue weighted by atomic mass is 79.9. The molecular weight excluding hydrogens is 504 g/mol. The summed E-state index contributed by atoms with van der Waals surface area (Å²) >= 11 is 3.44. The molecule has 2 N–H and O–H groups in total. The largest absolute Gasteiger partial charge is 0.492 e. The molecule has 0 spiro atoms. The van der Waals surface area contributed by atoms with E-state index >= 15 is 0 Å². The molecule has 0 atom stereocenters. The van der Waals surface area contributed by atoms with Crippen LogP contribution in [-0.4, -0.2) is 18.4 Å². The van der Waals surface area contributed by atoms with Crippen LogP contribution >= 0.6 is 15.9 Å². The molecule has 0 bridgehead atoms. The van der Waals surface area contributed by atoms with E-state index in [0.717, 1.165) is 16.5 Å². The summed E-state index contributed by atoms with van der Waals surface area (Å²) in [5.74, 6) is 0.0866. The summed E-state index contributed by atoms with van der Waals surface area (Å²) in [7, 11) is 0. The highest BCUT2D eigenvalue weighted by molar-refractivity contribution is 9.10. The lowest BCUT2D eigenvalue weighted by Crippen LogP contribution is -2.16. The molecular formula is C29H25BrN2O3. The van der Waals surface area contributed by atoms with Crippen molar-refractivity contribution in [1.29, 1.82) is 0 Å². The lowest BCUT2D eigenvalue weighted by molar-refractivity contribution is -0.115. The third-order valence-corrected chi connectivity index (χ3v) is 5.78. The van der Waals surface area contributed by atoms with Crippen molar-refractivity contribution in [2.75, 3.05) is 17.2 Å². The first-order valence-electron chi connectivity index (χ1n) is 11.3. The van der Waals surface area contributed by atoms with Gasteiger partial charge in [-0.3, -0.25) is 9.59 Å². The zero-order chi connectivity index (χ0) is 24.5. The highest BCUT2D eigenvalue weighted by Gasteiger charge is 2.14. The fourth-order valence-corrected chi connectivity index (χ4v) is 3.95. The number of hydrogen-bond donors (Lipinski definition) is 2. The van der Waals surface area contributed by atoms with E-state index in [-0.39, 0.29) is 18.2 Å². The summed E-state index contributed by atoms with van der Waals surface area (Å²) < 4.78 is 6.73. The molecule has 4 aromatic rings. The van der Waals surface area contributed by atoms with Gasteiger partial charge in [0.25, 0.3) is 5.91 Å². The van der Waals surface area contributed by atoms with E-state index in [9.17, 15) is 9.59 Å². The molecule has 0 heterocycles. The number of hydrogen-bond acceptors (Lipinski definition) is 3. The van der Waals surface area contributed by atoms with Gasteiger partial charge in [-0.1, -0.05) is 82.7 Å². The molecule has 176 valence electrons. The number of rotatable bonds is 9. The van der Waals surface area contributed by atoms with E-state index in [2.05, 4.69) is 26.6 Å². The maximum absolute atomic E-state index is 13.1. The van der Waals surface area contributed by atoms with Gasteiger partial charge in [-0.05, 0) is 47.5 Å². The summed E-state index contributed by atoms with van der Waals surface area (Å²) in [6, 6.07) is 32.0. The Morgan fingerprint density at radius 3 is 2.09 bits per heavy atom. The average molecular weight is 529 g/mol. The molecule has 0 unspecified atom stereocenters. The molecule has 2 amide bonds. The fraction of sp³-hybridized carbons (Fsp3) is 0.103. The van der Waals surface area contributed by atoms with Crippen molar-refractivity contribution in [1.82, 2.24) is 0 Å². The Hall–Kier alpha value is -3.90. The second-order valence-corrected chi connectivity index (χ2v) is 8.89. The van der Waals surface area contributed by atoms with Gasteiger partial charge in [0, 0.05) is 22.3 Å². The van der Waals surface area contributed by atoms with E-state index in [1.54, 1.807) is 36.4 Å². The maximum Gasteiger partial charge on any atom is 0.259 e. The standard InChI is InChI=1S/C29H25BrN2O3/c30-23-14-15-27(35-17-16-21-8-3-1-4-9-21)26(19-23)29(34)32-25-13-7-12-24(20-25)31-28(33)18-22-10-5-2-6-11-22/h1-15,19-20H,16-18H2,(H,31,33)(H,32,34). The Labute approximate surface area is 213 Å². The zero-order valence-corrected chi connectivity index (χ0v) is 20.6. The van der Waals surface area contributed by atoms with Crippen molar-refractivity contribution in [2.24, 2.45) is 0 Å². The average Bonchev–Trinajstić information content (AvgIpc) is 2.86. The summed E-state index contributed by atoms with van der Waals surface area (Å²) in [5, 5.41) is 5.79. The second kappa shape index (κ2) is 12.0. The number of nitrogens with one attached hydrogen (secondary N) is 2. The zero-order valence-electron chi connectivity index (χ0n) is 19.0. The quantitative estimate of drug-likeness (QED) is 0.260. The Bertz CT molecular complexity index is 1290. The second-order valence-electron chi connectivity index (χ2n) is 7.97. The minimum absolute atomic E-state index is 0.124. The minimum atomic E-state index is -0.297. The van der Waals surface area contributed by atoms with E-state index in [1.807, 2.05) is 66.7 Å². The summed E-state index contributed by atoms with van der Waals surface area (Å²) in [6.45, 7) is 0.453. The Morgan fingerprint density at radius 2 is 1.37 bits per heavy atom. The van der Waals surface area contributed by atoms with E-state index in [4.69, 9.17) is 4.74 Å². The van der Waals surface area contributed by atoms with Gasteiger partial charge in [0.1, 0.15) is 5.75 Å².